The summed E-state index contributed by atoms with van der Waals surface area (Å²) in [6.45, 7) is 0. The fraction of sp³-hybridized carbons (Fsp3) is 0.125. The lowest BCUT2D eigenvalue weighted by Crippen LogP contribution is -2.17. The molecule has 0 spiro atoms. The molecule has 6 heteroatoms. The summed E-state index contributed by atoms with van der Waals surface area (Å²) in [5.41, 5.74) is 8.72. The molecule has 0 heterocycles. The Morgan fingerprint density at radius 3 is 2.29 bits per heavy atom. The van der Waals surface area contributed by atoms with E-state index in [0.29, 0.717) is 0 Å². The van der Waals surface area contributed by atoms with Gasteiger partial charge in [0.1, 0.15) is 5.84 Å². The maximum atomic E-state index is 12.3. The Morgan fingerprint density at radius 1 is 1.29 bits per heavy atom. The predicted octanol–water partition coefficient (Wildman–Crippen LogP) is 1.57. The fourth-order valence-corrected chi connectivity index (χ4v) is 1.05. The minimum absolute atomic E-state index is 0.0974. The first kappa shape index (κ1) is 10.4. The summed E-state index contributed by atoms with van der Waals surface area (Å²) in [4.78, 5) is 0. The van der Waals surface area contributed by atoms with Crippen LogP contribution < -0.4 is 11.5 Å². The van der Waals surface area contributed by atoms with E-state index in [1.54, 1.807) is 0 Å². The zero-order chi connectivity index (χ0) is 10.9. The number of anilines is 1. The molecule has 0 aliphatic rings. The van der Waals surface area contributed by atoms with Gasteiger partial charge in [0.2, 0.25) is 0 Å². The average Bonchev–Trinajstić information content (AvgIpc) is 2.01. The van der Waals surface area contributed by atoms with Gasteiger partial charge in [0.05, 0.1) is 11.3 Å². The van der Waals surface area contributed by atoms with Crippen molar-refractivity contribution >= 4 is 11.5 Å². The van der Waals surface area contributed by atoms with Gasteiger partial charge in [0.15, 0.2) is 0 Å². The molecule has 0 aromatic heterocycles. The van der Waals surface area contributed by atoms with E-state index < -0.39 is 23.3 Å². The van der Waals surface area contributed by atoms with Crippen molar-refractivity contribution in [2.24, 2.45) is 5.73 Å². The van der Waals surface area contributed by atoms with Gasteiger partial charge in [-0.25, -0.2) is 0 Å². The van der Waals surface area contributed by atoms with Crippen molar-refractivity contribution in [1.82, 2.24) is 0 Å². The van der Waals surface area contributed by atoms with Gasteiger partial charge in [-0.2, -0.15) is 13.2 Å². The van der Waals surface area contributed by atoms with Crippen LogP contribution in [0.5, 0.6) is 0 Å². The molecule has 76 valence electrons. The highest BCUT2D eigenvalue weighted by atomic mass is 19.4. The molecule has 0 aliphatic heterocycles. The van der Waals surface area contributed by atoms with Crippen LogP contribution in [0.1, 0.15) is 11.1 Å². The molecule has 5 N–H and O–H groups in total. The van der Waals surface area contributed by atoms with Crippen LogP contribution in [0.4, 0.5) is 18.9 Å². The Hall–Kier alpha value is -1.72. The molecule has 0 atom stereocenters. The van der Waals surface area contributed by atoms with Crippen molar-refractivity contribution in [2.45, 2.75) is 6.18 Å². The first-order chi connectivity index (χ1) is 6.34. The lowest BCUT2D eigenvalue weighted by molar-refractivity contribution is -0.136. The van der Waals surface area contributed by atoms with Crippen LogP contribution in [0.15, 0.2) is 18.2 Å². The Morgan fingerprint density at radius 2 is 1.86 bits per heavy atom. The molecule has 0 saturated carbocycles. The number of halogens is 3. The number of para-hydroxylation sites is 1. The summed E-state index contributed by atoms with van der Waals surface area (Å²) in [7, 11) is 0. The summed E-state index contributed by atoms with van der Waals surface area (Å²) < 4.78 is 36.9. The van der Waals surface area contributed by atoms with E-state index in [2.05, 4.69) is 0 Å². The van der Waals surface area contributed by atoms with Gasteiger partial charge >= 0.3 is 6.18 Å². The highest BCUT2D eigenvalue weighted by molar-refractivity contribution is 6.00. The smallest absolute Gasteiger partial charge is 0.398 e. The number of alkyl halides is 3. The van der Waals surface area contributed by atoms with Crippen LogP contribution in [0.25, 0.3) is 0 Å². The quantitative estimate of drug-likeness (QED) is 0.368. The van der Waals surface area contributed by atoms with E-state index in [1.165, 1.54) is 6.07 Å². The van der Waals surface area contributed by atoms with E-state index >= 15 is 0 Å². The monoisotopic (exact) mass is 203 g/mol. The summed E-state index contributed by atoms with van der Waals surface area (Å²) in [5.74, 6) is -0.478. The van der Waals surface area contributed by atoms with Gasteiger partial charge in [-0.1, -0.05) is 6.07 Å². The highest BCUT2D eigenvalue weighted by Crippen LogP contribution is 2.34. The van der Waals surface area contributed by atoms with E-state index in [4.69, 9.17) is 16.9 Å². The zero-order valence-electron chi connectivity index (χ0n) is 7.02. The molecule has 14 heavy (non-hydrogen) atoms. The summed E-state index contributed by atoms with van der Waals surface area (Å²) >= 11 is 0. The minimum Gasteiger partial charge on any atom is -0.398 e. The minimum atomic E-state index is -4.52. The Kier molecular flexibility index (Phi) is 2.37. The maximum absolute atomic E-state index is 12.3. The topological polar surface area (TPSA) is 75.9 Å². The number of nitrogens with two attached hydrogens (primary N) is 2. The Labute approximate surface area is 78.0 Å². The average molecular weight is 203 g/mol. The van der Waals surface area contributed by atoms with E-state index in [-0.39, 0.29) is 5.56 Å². The predicted molar refractivity (Wildman–Crippen MR) is 46.9 cm³/mol. The normalized spacial score (nSPS) is 11.4. The van der Waals surface area contributed by atoms with Gasteiger partial charge in [-0.05, 0) is 12.1 Å². The van der Waals surface area contributed by atoms with Crippen molar-refractivity contribution < 1.29 is 13.2 Å². The standard InChI is InChI=1S/C8H8F3N3/c9-8(10,11)5-3-1-2-4(6(5)12)7(13)14/h1-3H,12H2,(H3,13,14). The van der Waals surface area contributed by atoms with Crippen molar-refractivity contribution in [3.05, 3.63) is 29.3 Å². The summed E-state index contributed by atoms with van der Waals surface area (Å²) in [6.07, 6.45) is -4.52. The first-order valence-corrected chi connectivity index (χ1v) is 3.64. The molecule has 0 fully saturated rings. The van der Waals surface area contributed by atoms with Gasteiger partial charge in [-0.15, -0.1) is 0 Å². The third-order valence-corrected chi connectivity index (χ3v) is 1.70. The second-order valence-corrected chi connectivity index (χ2v) is 2.68. The number of nitrogens with one attached hydrogen (secondary N) is 1. The Balaban J connectivity index is 3.35. The molecule has 0 amide bonds. The molecular formula is C8H8F3N3. The molecule has 0 aliphatic carbocycles. The lowest BCUT2D eigenvalue weighted by Gasteiger charge is -2.12. The lowest BCUT2D eigenvalue weighted by atomic mass is 10.1. The number of hydrogen-bond acceptors (Lipinski definition) is 2. The van der Waals surface area contributed by atoms with Crippen molar-refractivity contribution in [3.63, 3.8) is 0 Å². The number of hydrogen-bond donors (Lipinski definition) is 3. The SMILES string of the molecule is N=C(N)c1cccc(C(F)(F)F)c1N. The second-order valence-electron chi connectivity index (χ2n) is 2.68. The van der Waals surface area contributed by atoms with Gasteiger partial charge in [-0.3, -0.25) is 5.41 Å². The van der Waals surface area contributed by atoms with Crippen LogP contribution in [0.3, 0.4) is 0 Å². The van der Waals surface area contributed by atoms with Crippen LogP contribution in [0, 0.1) is 5.41 Å². The first-order valence-electron chi connectivity index (χ1n) is 3.64. The summed E-state index contributed by atoms with van der Waals surface area (Å²) in [5, 5.41) is 7.01. The zero-order valence-corrected chi connectivity index (χ0v) is 7.02. The van der Waals surface area contributed by atoms with Gasteiger partial charge in [0, 0.05) is 5.56 Å². The van der Waals surface area contributed by atoms with Crippen LogP contribution >= 0.6 is 0 Å². The van der Waals surface area contributed by atoms with Crippen molar-refractivity contribution in [3.8, 4) is 0 Å². The number of benzene rings is 1. The molecule has 0 radical (unpaired) electrons. The fourth-order valence-electron chi connectivity index (χ4n) is 1.05. The highest BCUT2D eigenvalue weighted by Gasteiger charge is 2.33. The van der Waals surface area contributed by atoms with Crippen LogP contribution in [-0.2, 0) is 6.18 Å². The summed E-state index contributed by atoms with van der Waals surface area (Å²) in [6, 6.07) is 3.28. The molecule has 1 aromatic rings. The van der Waals surface area contributed by atoms with E-state index in [9.17, 15) is 13.2 Å². The molecule has 0 unspecified atom stereocenters. The number of rotatable bonds is 1. The molecule has 3 nitrogen and oxygen atoms in total. The third kappa shape index (κ3) is 1.78. The third-order valence-electron chi connectivity index (χ3n) is 1.70. The van der Waals surface area contributed by atoms with Crippen molar-refractivity contribution in [1.29, 1.82) is 5.41 Å². The van der Waals surface area contributed by atoms with Crippen LogP contribution in [-0.4, -0.2) is 5.84 Å². The van der Waals surface area contributed by atoms with Crippen LogP contribution in [0.2, 0.25) is 0 Å². The molecule has 0 saturated heterocycles. The number of amidine groups is 1. The largest absolute Gasteiger partial charge is 0.418 e. The second kappa shape index (κ2) is 3.21. The molecule has 1 aromatic carbocycles. The van der Waals surface area contributed by atoms with Gasteiger partial charge in [0.25, 0.3) is 0 Å². The Bertz CT molecular complexity index is 371. The van der Waals surface area contributed by atoms with Crippen molar-refractivity contribution in [2.75, 3.05) is 5.73 Å². The number of nitrogen functional groups attached to an aromatic ring is 2. The molecular weight excluding hydrogens is 195 g/mol. The van der Waals surface area contributed by atoms with E-state index in [1.807, 2.05) is 0 Å². The van der Waals surface area contributed by atoms with E-state index in [0.717, 1.165) is 12.1 Å². The molecule has 1 rings (SSSR count). The van der Waals surface area contributed by atoms with Gasteiger partial charge < -0.3 is 11.5 Å². The maximum Gasteiger partial charge on any atom is 0.418 e. The molecule has 0 bridgehead atoms.